The molecule has 0 radical (unpaired) electrons. The normalized spacial score (nSPS) is 20.7. The number of piperidine rings is 1. The van der Waals surface area contributed by atoms with E-state index < -0.39 is 5.82 Å². The van der Waals surface area contributed by atoms with Gasteiger partial charge in [-0.3, -0.25) is 0 Å². The third kappa shape index (κ3) is 3.21. The highest BCUT2D eigenvalue weighted by Crippen LogP contribution is 2.42. The van der Waals surface area contributed by atoms with E-state index in [0.29, 0.717) is 12.0 Å². The van der Waals surface area contributed by atoms with Crippen molar-refractivity contribution in [1.29, 1.82) is 0 Å². The minimum Gasteiger partial charge on any atom is -0.396 e. The molecule has 3 aromatic heterocycles. The van der Waals surface area contributed by atoms with Crippen molar-refractivity contribution in [2.24, 2.45) is 0 Å². The highest BCUT2D eigenvalue weighted by atomic mass is 32.1. The maximum absolute atomic E-state index is 13.9. The lowest BCUT2D eigenvalue weighted by Gasteiger charge is -2.38. The molecule has 0 amide bonds. The number of thiazole rings is 1. The zero-order valence-corrected chi connectivity index (χ0v) is 18.1. The second-order valence-corrected chi connectivity index (χ2v) is 9.80. The molecule has 1 saturated heterocycles. The van der Waals surface area contributed by atoms with Gasteiger partial charge < -0.3 is 10.6 Å². The van der Waals surface area contributed by atoms with Crippen LogP contribution in [-0.2, 0) is 0 Å². The van der Waals surface area contributed by atoms with Crippen LogP contribution in [0.5, 0.6) is 0 Å². The predicted molar refractivity (Wildman–Crippen MR) is 121 cm³/mol. The number of hydrogen-bond acceptors (Lipinski definition) is 6. The number of aromatic nitrogens is 2. The van der Waals surface area contributed by atoms with Crippen molar-refractivity contribution in [1.82, 2.24) is 14.9 Å². The van der Waals surface area contributed by atoms with Crippen LogP contribution in [0.3, 0.4) is 0 Å². The van der Waals surface area contributed by atoms with E-state index in [0.717, 1.165) is 37.5 Å². The van der Waals surface area contributed by atoms with Crippen molar-refractivity contribution >= 4 is 48.8 Å². The van der Waals surface area contributed by atoms with Gasteiger partial charge in [-0.1, -0.05) is 6.92 Å². The van der Waals surface area contributed by atoms with Crippen molar-refractivity contribution in [3.8, 4) is 10.6 Å². The van der Waals surface area contributed by atoms with Gasteiger partial charge in [0.15, 0.2) is 0 Å². The van der Waals surface area contributed by atoms with E-state index in [4.69, 9.17) is 10.7 Å². The Morgan fingerprint density at radius 1 is 1.28 bits per heavy atom. The predicted octanol–water partition coefficient (Wildman–Crippen LogP) is 5.88. The van der Waals surface area contributed by atoms with Crippen LogP contribution in [0.2, 0.25) is 0 Å². The van der Waals surface area contributed by atoms with E-state index in [1.807, 2.05) is 12.3 Å². The molecule has 150 valence electrons. The molecular formula is C22H23FN4S2. The molecule has 0 aliphatic carbocycles. The Hall–Kier alpha value is -2.09. The lowest BCUT2D eigenvalue weighted by molar-refractivity contribution is 0.148. The second-order valence-electron chi connectivity index (χ2n) is 7.70. The third-order valence-corrected chi connectivity index (χ3v) is 8.31. The number of halogens is 1. The van der Waals surface area contributed by atoms with Gasteiger partial charge in [-0.2, -0.15) is 0 Å². The molecule has 29 heavy (non-hydrogen) atoms. The fourth-order valence-corrected chi connectivity index (χ4v) is 6.72. The maximum Gasteiger partial charge on any atom is 0.147 e. The van der Waals surface area contributed by atoms with Gasteiger partial charge in [-0.15, -0.1) is 22.7 Å². The molecule has 1 fully saturated rings. The van der Waals surface area contributed by atoms with Crippen molar-refractivity contribution in [2.75, 3.05) is 18.8 Å². The largest absolute Gasteiger partial charge is 0.396 e. The topological polar surface area (TPSA) is 55.0 Å². The number of benzene rings is 1. The van der Waals surface area contributed by atoms with Gasteiger partial charge >= 0.3 is 0 Å². The molecule has 5 rings (SSSR count). The summed E-state index contributed by atoms with van der Waals surface area (Å²) in [5.41, 5.74) is 7.66. The van der Waals surface area contributed by atoms with Gasteiger partial charge in [0.05, 0.1) is 15.9 Å². The van der Waals surface area contributed by atoms with Crippen molar-refractivity contribution in [2.45, 2.75) is 38.6 Å². The quantitative estimate of drug-likeness (QED) is 0.416. The number of fused-ring (bicyclic) bond motifs is 2. The van der Waals surface area contributed by atoms with Crippen LogP contribution in [-0.4, -0.2) is 34.0 Å². The molecular weight excluding hydrogens is 403 g/mol. The van der Waals surface area contributed by atoms with Crippen LogP contribution in [0.25, 0.3) is 31.0 Å². The average Bonchev–Trinajstić information content (AvgIpc) is 3.32. The number of nitrogen functional groups attached to an aromatic ring is 1. The van der Waals surface area contributed by atoms with E-state index in [1.165, 1.54) is 41.7 Å². The Kier molecular flexibility index (Phi) is 4.76. The lowest BCUT2D eigenvalue weighted by Crippen LogP contribution is -2.41. The second kappa shape index (κ2) is 7.31. The summed E-state index contributed by atoms with van der Waals surface area (Å²) < 4.78 is 14.7. The Balaban J connectivity index is 1.59. The molecule has 7 heteroatoms. The molecule has 2 N–H and O–H groups in total. The van der Waals surface area contributed by atoms with E-state index in [1.54, 1.807) is 17.4 Å². The average molecular weight is 427 g/mol. The Labute approximate surface area is 177 Å². The van der Waals surface area contributed by atoms with Crippen molar-refractivity contribution in [3.05, 3.63) is 41.2 Å². The van der Waals surface area contributed by atoms with Gasteiger partial charge in [0, 0.05) is 34.0 Å². The van der Waals surface area contributed by atoms with Crippen LogP contribution in [0.15, 0.2) is 30.5 Å². The number of pyridine rings is 1. The molecule has 4 nitrogen and oxygen atoms in total. The number of thiophene rings is 1. The molecule has 1 unspecified atom stereocenters. The molecule has 0 saturated carbocycles. The number of likely N-dealkylation sites (tertiary alicyclic amines) is 1. The van der Waals surface area contributed by atoms with Crippen molar-refractivity contribution in [3.63, 3.8) is 0 Å². The van der Waals surface area contributed by atoms with Gasteiger partial charge in [-0.25, -0.2) is 14.4 Å². The number of nitrogens with zero attached hydrogens (tertiary/aromatic N) is 3. The van der Waals surface area contributed by atoms with Gasteiger partial charge in [0.2, 0.25) is 0 Å². The molecule has 2 atom stereocenters. The first-order valence-corrected chi connectivity index (χ1v) is 11.7. The maximum atomic E-state index is 13.9. The molecule has 1 aliphatic rings. The number of rotatable bonds is 3. The zero-order chi connectivity index (χ0) is 20.1. The minimum atomic E-state index is -0.392. The Morgan fingerprint density at radius 2 is 2.14 bits per heavy atom. The van der Waals surface area contributed by atoms with E-state index in [9.17, 15) is 4.39 Å². The Morgan fingerprint density at radius 3 is 2.97 bits per heavy atom. The van der Waals surface area contributed by atoms with Crippen LogP contribution < -0.4 is 5.73 Å². The zero-order valence-electron chi connectivity index (χ0n) is 16.5. The van der Waals surface area contributed by atoms with Crippen LogP contribution in [0, 0.1) is 5.82 Å². The van der Waals surface area contributed by atoms with Gasteiger partial charge in [-0.05, 0) is 57.1 Å². The molecule has 4 aromatic rings. The highest BCUT2D eigenvalue weighted by Gasteiger charge is 2.29. The SMILES string of the molecule is CCN1CCCC(c2cc3c(-c4nc5cc(N)c(F)cc5s4)ccnc3s2)[C@H]1C. The fraction of sp³-hybridized carbons (Fsp3) is 0.364. The number of hydrogen-bond donors (Lipinski definition) is 1. The monoisotopic (exact) mass is 426 g/mol. The molecule has 1 aliphatic heterocycles. The van der Waals surface area contributed by atoms with Gasteiger partial charge in [0.1, 0.15) is 15.7 Å². The van der Waals surface area contributed by atoms with Crippen LogP contribution in [0.1, 0.15) is 37.5 Å². The lowest BCUT2D eigenvalue weighted by atomic mass is 9.88. The standard InChI is InChI=1S/C22H23FN4S2/c1-3-27-8-4-5-13(12(27)2)19-9-15-14(6-7-25-21(15)28-19)22-26-18-11-17(24)16(23)10-20(18)29-22/h6-7,9-13H,3-5,8,24H2,1-2H3/t12-,13?/m1/s1. The summed E-state index contributed by atoms with van der Waals surface area (Å²) in [7, 11) is 0. The summed E-state index contributed by atoms with van der Waals surface area (Å²) in [6, 6.07) is 7.96. The number of nitrogens with two attached hydrogens (primary N) is 1. The first kappa shape index (κ1) is 18.9. The number of likely N-dealkylation sites (N-methyl/N-ethyl adjacent to an activating group) is 1. The van der Waals surface area contributed by atoms with Crippen LogP contribution in [0.4, 0.5) is 10.1 Å². The van der Waals surface area contributed by atoms with E-state index in [-0.39, 0.29) is 5.69 Å². The summed E-state index contributed by atoms with van der Waals surface area (Å²) >= 11 is 3.30. The smallest absolute Gasteiger partial charge is 0.147 e. The van der Waals surface area contributed by atoms with E-state index >= 15 is 0 Å². The van der Waals surface area contributed by atoms with Crippen molar-refractivity contribution < 1.29 is 4.39 Å². The van der Waals surface area contributed by atoms with Crippen LogP contribution >= 0.6 is 22.7 Å². The summed E-state index contributed by atoms with van der Waals surface area (Å²) in [6.07, 6.45) is 4.31. The minimum absolute atomic E-state index is 0.138. The molecule has 4 heterocycles. The number of anilines is 1. The molecule has 0 bridgehead atoms. The molecule has 0 spiro atoms. The molecule has 1 aromatic carbocycles. The Bertz CT molecular complexity index is 1160. The summed E-state index contributed by atoms with van der Waals surface area (Å²) in [4.78, 5) is 14.4. The summed E-state index contributed by atoms with van der Waals surface area (Å²) in [6.45, 7) is 6.87. The summed E-state index contributed by atoms with van der Waals surface area (Å²) in [5.74, 6) is 0.150. The highest BCUT2D eigenvalue weighted by molar-refractivity contribution is 7.22. The van der Waals surface area contributed by atoms with Gasteiger partial charge in [0.25, 0.3) is 0 Å². The summed E-state index contributed by atoms with van der Waals surface area (Å²) in [5, 5.41) is 2.02. The first-order valence-electron chi connectivity index (χ1n) is 10.0. The first-order chi connectivity index (χ1) is 14.0. The third-order valence-electron chi connectivity index (χ3n) is 6.08. The fourth-order valence-electron chi connectivity index (χ4n) is 4.45. The van der Waals surface area contributed by atoms with E-state index in [2.05, 4.69) is 29.8 Å².